The van der Waals surface area contributed by atoms with Crippen LogP contribution in [-0.4, -0.2) is 26.3 Å². The van der Waals surface area contributed by atoms with Crippen LogP contribution >= 0.6 is 11.3 Å². The molecule has 0 aliphatic heterocycles. The topological polar surface area (TPSA) is 81.7 Å². The average Bonchev–Trinajstić information content (AvgIpc) is 3.35. The summed E-state index contributed by atoms with van der Waals surface area (Å²) >= 11 is 1.64. The molecular formula is C19H20N6S. The molecule has 0 aliphatic carbocycles. The van der Waals surface area contributed by atoms with Crippen LogP contribution in [0.2, 0.25) is 0 Å². The molecule has 3 heterocycles. The first-order chi connectivity index (χ1) is 12.7. The van der Waals surface area contributed by atoms with Crippen LogP contribution in [0.25, 0.3) is 21.5 Å². The largest absolute Gasteiger partial charge is 0.350 e. The van der Waals surface area contributed by atoms with E-state index in [1.807, 2.05) is 53.6 Å². The third-order valence-electron chi connectivity index (χ3n) is 4.26. The molecule has 0 fully saturated rings. The van der Waals surface area contributed by atoms with Crippen LogP contribution in [-0.2, 0) is 6.54 Å². The van der Waals surface area contributed by atoms with E-state index < -0.39 is 0 Å². The Morgan fingerprint density at radius 1 is 1.19 bits per heavy atom. The summed E-state index contributed by atoms with van der Waals surface area (Å²) in [6.45, 7) is 3.27. The van der Waals surface area contributed by atoms with Gasteiger partial charge in [0.1, 0.15) is 0 Å². The summed E-state index contributed by atoms with van der Waals surface area (Å²) in [7, 11) is 0. The Morgan fingerprint density at radius 3 is 2.85 bits per heavy atom. The van der Waals surface area contributed by atoms with Gasteiger partial charge in [-0.1, -0.05) is 30.3 Å². The molecule has 0 saturated heterocycles. The molecule has 26 heavy (non-hydrogen) atoms. The highest BCUT2D eigenvalue weighted by molar-refractivity contribution is 7.17. The Labute approximate surface area is 155 Å². The predicted octanol–water partition coefficient (Wildman–Crippen LogP) is 3.69. The van der Waals surface area contributed by atoms with E-state index in [0.717, 1.165) is 21.5 Å². The molecule has 3 aromatic heterocycles. The summed E-state index contributed by atoms with van der Waals surface area (Å²) in [6.07, 6.45) is 3.84. The van der Waals surface area contributed by atoms with Crippen LogP contribution < -0.4 is 11.1 Å². The summed E-state index contributed by atoms with van der Waals surface area (Å²) in [6, 6.07) is 12.4. The fraction of sp³-hybridized carbons (Fsp3) is 0.211. The smallest absolute Gasteiger partial charge is 0.224 e. The van der Waals surface area contributed by atoms with Crippen molar-refractivity contribution in [2.45, 2.75) is 19.5 Å². The van der Waals surface area contributed by atoms with Crippen LogP contribution in [0.1, 0.15) is 18.5 Å². The lowest BCUT2D eigenvalue weighted by molar-refractivity contribution is 0.501. The van der Waals surface area contributed by atoms with Gasteiger partial charge in [0.2, 0.25) is 5.95 Å². The Bertz CT molecular complexity index is 1010. The monoisotopic (exact) mass is 364 g/mol. The molecule has 0 spiro atoms. The second-order valence-corrected chi connectivity index (χ2v) is 7.08. The van der Waals surface area contributed by atoms with Crippen LogP contribution in [0.3, 0.4) is 0 Å². The Kier molecular flexibility index (Phi) is 4.64. The van der Waals surface area contributed by atoms with E-state index in [-0.39, 0.29) is 6.04 Å². The van der Waals surface area contributed by atoms with Crippen molar-refractivity contribution in [1.82, 2.24) is 19.7 Å². The molecule has 0 bridgehead atoms. The van der Waals surface area contributed by atoms with Crippen molar-refractivity contribution in [3.8, 4) is 11.3 Å². The second kappa shape index (κ2) is 7.23. The van der Waals surface area contributed by atoms with Gasteiger partial charge >= 0.3 is 0 Å². The quantitative estimate of drug-likeness (QED) is 0.545. The van der Waals surface area contributed by atoms with E-state index in [1.54, 1.807) is 11.3 Å². The molecule has 0 amide bonds. The normalized spacial score (nSPS) is 12.4. The molecule has 3 N–H and O–H groups in total. The molecule has 0 radical (unpaired) electrons. The Morgan fingerprint density at radius 2 is 2.04 bits per heavy atom. The summed E-state index contributed by atoms with van der Waals surface area (Å²) in [5.41, 5.74) is 9.75. The average molecular weight is 364 g/mol. The van der Waals surface area contributed by atoms with Gasteiger partial charge in [0.15, 0.2) is 0 Å². The lowest BCUT2D eigenvalue weighted by Crippen LogP contribution is -2.16. The van der Waals surface area contributed by atoms with Crippen molar-refractivity contribution >= 4 is 27.5 Å². The number of hydrogen-bond donors (Lipinski definition) is 2. The number of nitrogens with zero attached hydrogens (tertiary/aromatic N) is 4. The molecule has 1 atom stereocenters. The van der Waals surface area contributed by atoms with Gasteiger partial charge in [-0.25, -0.2) is 9.97 Å². The highest BCUT2D eigenvalue weighted by Gasteiger charge is 2.14. The summed E-state index contributed by atoms with van der Waals surface area (Å²) < 4.78 is 2.95. The molecule has 4 aromatic rings. The molecule has 132 valence electrons. The van der Waals surface area contributed by atoms with Crippen molar-refractivity contribution in [3.05, 3.63) is 59.7 Å². The Hall–Kier alpha value is -2.77. The first-order valence-corrected chi connectivity index (χ1v) is 9.40. The van der Waals surface area contributed by atoms with Gasteiger partial charge in [-0.15, -0.1) is 11.3 Å². The standard InChI is InChI=1S/C19H20N6S/c1-13(9-20)25-12-15(11-22-25)17-18-16(7-8-26-18)23-19(24-17)21-10-14-5-3-2-4-6-14/h2-8,11-13H,9-10,20H2,1H3,(H,21,23,24). The van der Waals surface area contributed by atoms with Gasteiger partial charge < -0.3 is 11.1 Å². The van der Waals surface area contributed by atoms with Gasteiger partial charge in [-0.2, -0.15) is 5.10 Å². The summed E-state index contributed by atoms with van der Waals surface area (Å²) in [5, 5.41) is 9.81. The van der Waals surface area contributed by atoms with Gasteiger partial charge in [0, 0.05) is 24.8 Å². The number of benzene rings is 1. The molecule has 4 rings (SSSR count). The van der Waals surface area contributed by atoms with Gasteiger partial charge in [-0.3, -0.25) is 4.68 Å². The maximum absolute atomic E-state index is 5.75. The van der Waals surface area contributed by atoms with E-state index >= 15 is 0 Å². The van der Waals surface area contributed by atoms with E-state index in [2.05, 4.69) is 27.5 Å². The molecule has 7 heteroatoms. The molecular weight excluding hydrogens is 344 g/mol. The number of aromatic nitrogens is 4. The highest BCUT2D eigenvalue weighted by atomic mass is 32.1. The second-order valence-electron chi connectivity index (χ2n) is 6.16. The van der Waals surface area contributed by atoms with Crippen molar-refractivity contribution < 1.29 is 0 Å². The van der Waals surface area contributed by atoms with E-state index in [0.29, 0.717) is 19.0 Å². The van der Waals surface area contributed by atoms with Crippen LogP contribution in [0.4, 0.5) is 5.95 Å². The van der Waals surface area contributed by atoms with Gasteiger partial charge in [0.25, 0.3) is 0 Å². The van der Waals surface area contributed by atoms with Crippen molar-refractivity contribution in [2.24, 2.45) is 5.73 Å². The van der Waals surface area contributed by atoms with Crippen molar-refractivity contribution in [1.29, 1.82) is 0 Å². The van der Waals surface area contributed by atoms with Gasteiger partial charge in [0.05, 0.1) is 28.1 Å². The van der Waals surface area contributed by atoms with E-state index in [1.165, 1.54) is 5.56 Å². The van der Waals surface area contributed by atoms with Crippen LogP contribution in [0, 0.1) is 0 Å². The first kappa shape index (κ1) is 16.7. The minimum absolute atomic E-state index is 0.153. The lowest BCUT2D eigenvalue weighted by atomic mass is 10.2. The fourth-order valence-corrected chi connectivity index (χ4v) is 3.57. The van der Waals surface area contributed by atoms with Gasteiger partial charge in [-0.05, 0) is 23.9 Å². The predicted molar refractivity (Wildman–Crippen MR) is 106 cm³/mol. The zero-order valence-corrected chi connectivity index (χ0v) is 15.3. The third-order valence-corrected chi connectivity index (χ3v) is 5.18. The zero-order chi connectivity index (χ0) is 17.9. The zero-order valence-electron chi connectivity index (χ0n) is 14.5. The van der Waals surface area contributed by atoms with E-state index in [4.69, 9.17) is 10.7 Å². The third kappa shape index (κ3) is 3.31. The number of nitrogens with two attached hydrogens (primary N) is 1. The maximum Gasteiger partial charge on any atom is 0.224 e. The number of anilines is 1. The van der Waals surface area contributed by atoms with E-state index in [9.17, 15) is 0 Å². The minimum Gasteiger partial charge on any atom is -0.350 e. The number of hydrogen-bond acceptors (Lipinski definition) is 6. The maximum atomic E-state index is 5.75. The number of nitrogens with one attached hydrogen (secondary N) is 1. The summed E-state index contributed by atoms with van der Waals surface area (Å²) in [4.78, 5) is 9.40. The summed E-state index contributed by atoms with van der Waals surface area (Å²) in [5.74, 6) is 0.620. The van der Waals surface area contributed by atoms with Crippen LogP contribution in [0.15, 0.2) is 54.2 Å². The molecule has 1 aromatic carbocycles. The highest BCUT2D eigenvalue weighted by Crippen LogP contribution is 2.31. The molecule has 1 unspecified atom stereocenters. The number of fused-ring (bicyclic) bond motifs is 1. The SMILES string of the molecule is CC(CN)n1cc(-c2nc(NCc3ccccc3)nc3ccsc23)cn1. The fourth-order valence-electron chi connectivity index (χ4n) is 2.72. The lowest BCUT2D eigenvalue weighted by Gasteiger charge is -2.09. The Balaban J connectivity index is 1.67. The van der Waals surface area contributed by atoms with Crippen molar-refractivity contribution in [3.63, 3.8) is 0 Å². The number of thiophene rings is 1. The first-order valence-electron chi connectivity index (χ1n) is 8.52. The minimum atomic E-state index is 0.153. The van der Waals surface area contributed by atoms with Crippen molar-refractivity contribution in [2.75, 3.05) is 11.9 Å². The number of rotatable bonds is 6. The molecule has 0 aliphatic rings. The van der Waals surface area contributed by atoms with Crippen LogP contribution in [0.5, 0.6) is 0 Å². The molecule has 0 saturated carbocycles. The molecule has 6 nitrogen and oxygen atoms in total.